The van der Waals surface area contributed by atoms with Gasteiger partial charge in [-0.25, -0.2) is 4.79 Å². The van der Waals surface area contributed by atoms with Gasteiger partial charge in [0.2, 0.25) is 0 Å². The molecule has 0 spiro atoms. The van der Waals surface area contributed by atoms with E-state index in [1.807, 2.05) is 13.0 Å². The predicted molar refractivity (Wildman–Crippen MR) is 34.9 cm³/mol. The number of rotatable bonds is 1. The van der Waals surface area contributed by atoms with Gasteiger partial charge >= 0.3 is 6.03 Å². The molecule has 1 saturated heterocycles. The van der Waals surface area contributed by atoms with E-state index in [0.717, 1.165) is 13.1 Å². The number of carbonyl (C=O) groups is 1. The van der Waals surface area contributed by atoms with Gasteiger partial charge < -0.3 is 5.32 Å². The Kier molecular flexibility index (Phi) is 1.72. The maximum atomic E-state index is 10.7. The van der Waals surface area contributed by atoms with Crippen molar-refractivity contribution in [1.82, 2.24) is 10.2 Å². The molecule has 1 aliphatic heterocycles. The van der Waals surface area contributed by atoms with Crippen LogP contribution in [0.25, 0.3) is 0 Å². The summed E-state index contributed by atoms with van der Waals surface area (Å²) in [5.74, 6) is 0. The van der Waals surface area contributed by atoms with E-state index in [1.54, 1.807) is 11.1 Å². The van der Waals surface area contributed by atoms with Gasteiger partial charge in [0.1, 0.15) is 0 Å². The Balaban J connectivity index is 2.49. The number of nitrogens with one attached hydrogen (secondary N) is 1. The third kappa shape index (κ3) is 1.22. The first kappa shape index (κ1) is 6.13. The monoisotopic (exact) mass is 126 g/mol. The molecule has 1 N–H and O–H groups in total. The van der Waals surface area contributed by atoms with Crippen LogP contribution in [0.3, 0.4) is 0 Å². The zero-order valence-corrected chi connectivity index (χ0v) is 5.42. The van der Waals surface area contributed by atoms with Gasteiger partial charge in [-0.1, -0.05) is 6.08 Å². The van der Waals surface area contributed by atoms with Crippen LogP contribution < -0.4 is 5.32 Å². The lowest BCUT2D eigenvalue weighted by Gasteiger charge is -2.04. The minimum Gasteiger partial charge on any atom is -0.336 e. The molecule has 1 fully saturated rings. The smallest absolute Gasteiger partial charge is 0.321 e. The van der Waals surface area contributed by atoms with Gasteiger partial charge in [0.05, 0.1) is 0 Å². The Morgan fingerprint density at radius 3 is 3.00 bits per heavy atom. The molecule has 0 radical (unpaired) electrons. The molecule has 0 bridgehead atoms. The molecule has 0 unspecified atom stereocenters. The zero-order chi connectivity index (χ0) is 6.69. The van der Waals surface area contributed by atoms with Crippen LogP contribution in [0, 0.1) is 0 Å². The topological polar surface area (TPSA) is 32.3 Å². The molecule has 0 atom stereocenters. The molecule has 0 aromatic rings. The quantitative estimate of drug-likeness (QED) is 0.546. The van der Waals surface area contributed by atoms with Crippen LogP contribution in [-0.4, -0.2) is 24.0 Å². The average Bonchev–Trinajstić information content (AvgIpc) is 2.18. The highest BCUT2D eigenvalue weighted by Gasteiger charge is 2.15. The summed E-state index contributed by atoms with van der Waals surface area (Å²) in [6.07, 6.45) is 3.63. The van der Waals surface area contributed by atoms with Crippen LogP contribution in [0.15, 0.2) is 12.3 Å². The number of carbonyl (C=O) groups excluding carboxylic acids is 1. The third-order valence-electron chi connectivity index (χ3n) is 1.22. The van der Waals surface area contributed by atoms with Crippen molar-refractivity contribution < 1.29 is 4.79 Å². The van der Waals surface area contributed by atoms with Crippen molar-refractivity contribution in [3.63, 3.8) is 0 Å². The minimum atomic E-state index is 0.00750. The van der Waals surface area contributed by atoms with Crippen molar-refractivity contribution in [2.75, 3.05) is 13.1 Å². The van der Waals surface area contributed by atoms with Gasteiger partial charge in [0, 0.05) is 19.3 Å². The van der Waals surface area contributed by atoms with Gasteiger partial charge in [-0.15, -0.1) is 0 Å². The van der Waals surface area contributed by atoms with Crippen LogP contribution in [0.4, 0.5) is 4.79 Å². The van der Waals surface area contributed by atoms with E-state index < -0.39 is 0 Å². The van der Waals surface area contributed by atoms with Gasteiger partial charge in [-0.3, -0.25) is 4.90 Å². The number of nitrogens with zero attached hydrogens (tertiary/aromatic N) is 1. The Morgan fingerprint density at radius 2 is 2.56 bits per heavy atom. The van der Waals surface area contributed by atoms with Crippen LogP contribution in [0.2, 0.25) is 0 Å². The minimum absolute atomic E-state index is 0.00750. The molecule has 0 saturated carbocycles. The molecule has 0 aromatic carbocycles. The fourth-order valence-electron chi connectivity index (χ4n) is 0.809. The van der Waals surface area contributed by atoms with E-state index in [9.17, 15) is 4.79 Å². The molecule has 0 aromatic heterocycles. The van der Waals surface area contributed by atoms with Crippen LogP contribution in [0.5, 0.6) is 0 Å². The number of hydrogen-bond donors (Lipinski definition) is 1. The standard InChI is InChI=1S/C6H10N2O/c1-2-4-8-5-3-7-6(8)9/h2,4H,3,5H2,1H3,(H,7,9). The maximum absolute atomic E-state index is 10.7. The largest absolute Gasteiger partial charge is 0.336 e. The summed E-state index contributed by atoms with van der Waals surface area (Å²) in [7, 11) is 0. The van der Waals surface area contributed by atoms with Gasteiger partial charge in [-0.05, 0) is 6.92 Å². The van der Waals surface area contributed by atoms with Gasteiger partial charge in [0.25, 0.3) is 0 Å². The third-order valence-corrected chi connectivity index (χ3v) is 1.22. The van der Waals surface area contributed by atoms with Crippen LogP contribution >= 0.6 is 0 Å². The molecule has 3 heteroatoms. The van der Waals surface area contributed by atoms with Crippen molar-refractivity contribution >= 4 is 6.03 Å². The summed E-state index contributed by atoms with van der Waals surface area (Å²) >= 11 is 0. The molecule has 1 aliphatic rings. The number of hydrogen-bond acceptors (Lipinski definition) is 1. The number of amides is 2. The highest BCUT2D eigenvalue weighted by Crippen LogP contribution is 1.95. The molecule has 50 valence electrons. The van der Waals surface area contributed by atoms with Gasteiger partial charge in [0.15, 0.2) is 0 Å². The summed E-state index contributed by atoms with van der Waals surface area (Å²) < 4.78 is 0. The first-order valence-electron chi connectivity index (χ1n) is 3.02. The first-order chi connectivity index (χ1) is 4.34. The average molecular weight is 126 g/mol. The molecular formula is C6H10N2O. The second-order valence-electron chi connectivity index (χ2n) is 1.91. The number of urea groups is 1. The molecule has 2 amide bonds. The Labute approximate surface area is 54.3 Å². The first-order valence-corrected chi connectivity index (χ1v) is 3.02. The van der Waals surface area contributed by atoms with Crippen molar-refractivity contribution in [3.8, 4) is 0 Å². The second-order valence-corrected chi connectivity index (χ2v) is 1.91. The fourth-order valence-corrected chi connectivity index (χ4v) is 0.809. The summed E-state index contributed by atoms with van der Waals surface area (Å²) in [6, 6.07) is 0.00750. The van der Waals surface area contributed by atoms with E-state index in [2.05, 4.69) is 5.32 Å². The highest BCUT2D eigenvalue weighted by molar-refractivity contribution is 5.77. The predicted octanol–water partition coefficient (Wildman–Crippen LogP) is 0.545. The van der Waals surface area contributed by atoms with Crippen LogP contribution in [-0.2, 0) is 0 Å². The Bertz CT molecular complexity index is 142. The summed E-state index contributed by atoms with van der Waals surface area (Å²) in [4.78, 5) is 12.4. The summed E-state index contributed by atoms with van der Waals surface area (Å²) in [6.45, 7) is 3.46. The zero-order valence-electron chi connectivity index (χ0n) is 5.42. The van der Waals surface area contributed by atoms with Crippen molar-refractivity contribution in [2.45, 2.75) is 6.92 Å². The SMILES string of the molecule is CC=CN1CCNC1=O. The lowest BCUT2D eigenvalue weighted by molar-refractivity contribution is 0.230. The molecule has 1 rings (SSSR count). The molecule has 9 heavy (non-hydrogen) atoms. The highest BCUT2D eigenvalue weighted by atomic mass is 16.2. The van der Waals surface area contributed by atoms with Gasteiger partial charge in [-0.2, -0.15) is 0 Å². The normalized spacial score (nSPS) is 19.2. The lowest BCUT2D eigenvalue weighted by atomic mass is 10.6. The summed E-state index contributed by atoms with van der Waals surface area (Å²) in [5.41, 5.74) is 0. The number of allylic oxidation sites excluding steroid dienone is 1. The lowest BCUT2D eigenvalue weighted by Crippen LogP contribution is -2.22. The van der Waals surface area contributed by atoms with E-state index in [0.29, 0.717) is 0 Å². The van der Waals surface area contributed by atoms with Crippen molar-refractivity contribution in [2.24, 2.45) is 0 Å². The Hall–Kier alpha value is -0.990. The maximum Gasteiger partial charge on any atom is 0.321 e. The van der Waals surface area contributed by atoms with E-state index in [1.165, 1.54) is 0 Å². The molecule has 3 nitrogen and oxygen atoms in total. The fraction of sp³-hybridized carbons (Fsp3) is 0.500. The van der Waals surface area contributed by atoms with Crippen molar-refractivity contribution in [3.05, 3.63) is 12.3 Å². The van der Waals surface area contributed by atoms with E-state index in [4.69, 9.17) is 0 Å². The van der Waals surface area contributed by atoms with Crippen molar-refractivity contribution in [1.29, 1.82) is 0 Å². The molecular weight excluding hydrogens is 116 g/mol. The molecule has 0 aliphatic carbocycles. The summed E-state index contributed by atoms with van der Waals surface area (Å²) in [5, 5.41) is 2.69. The van der Waals surface area contributed by atoms with Crippen LogP contribution in [0.1, 0.15) is 6.92 Å². The Morgan fingerprint density at radius 1 is 1.78 bits per heavy atom. The van der Waals surface area contributed by atoms with E-state index >= 15 is 0 Å². The van der Waals surface area contributed by atoms with E-state index in [-0.39, 0.29) is 6.03 Å². The molecule has 1 heterocycles. The second kappa shape index (κ2) is 2.53.